The lowest BCUT2D eigenvalue weighted by atomic mass is 10.0. The first-order chi connectivity index (χ1) is 16.4. The average Bonchev–Trinajstić information content (AvgIpc) is 2.75. The van der Waals surface area contributed by atoms with Crippen LogP contribution in [0.25, 0.3) is 16.5 Å². The number of ether oxygens (including phenoxy) is 2. The molecule has 35 heavy (non-hydrogen) atoms. The van der Waals surface area contributed by atoms with Crippen LogP contribution < -0.4 is 16.1 Å². The maximum absolute atomic E-state index is 11.8. The topological polar surface area (TPSA) is 91.8 Å². The molecule has 2 heterocycles. The molecule has 3 aromatic rings. The number of nitrogens with two attached hydrogens (primary N) is 1. The van der Waals surface area contributed by atoms with E-state index in [0.717, 1.165) is 33.4 Å². The minimum absolute atomic E-state index is 0.240. The van der Waals surface area contributed by atoms with Crippen LogP contribution in [0.4, 0.5) is 0 Å². The van der Waals surface area contributed by atoms with E-state index in [-0.39, 0.29) is 12.4 Å². The van der Waals surface area contributed by atoms with Gasteiger partial charge < -0.3 is 19.6 Å². The van der Waals surface area contributed by atoms with E-state index in [4.69, 9.17) is 19.6 Å². The van der Waals surface area contributed by atoms with Gasteiger partial charge in [0.15, 0.2) is 0 Å². The maximum atomic E-state index is 11.8. The fourth-order valence-corrected chi connectivity index (χ4v) is 3.76. The van der Waals surface area contributed by atoms with Gasteiger partial charge in [-0.15, -0.1) is 0 Å². The summed E-state index contributed by atoms with van der Waals surface area (Å²) in [5.41, 5.74) is 10.5. The molecule has 1 aliphatic rings. The third-order valence-corrected chi connectivity index (χ3v) is 5.28. The highest BCUT2D eigenvalue weighted by molar-refractivity contribution is 5.81. The summed E-state index contributed by atoms with van der Waals surface area (Å²) < 4.78 is 16.0. The molecule has 184 valence electrons. The van der Waals surface area contributed by atoms with Gasteiger partial charge in [-0.2, -0.15) is 0 Å². The number of aryl methyl sites for hydroxylation is 3. The minimum Gasteiger partial charge on any atom is -0.460 e. The largest absolute Gasteiger partial charge is 0.460 e. The summed E-state index contributed by atoms with van der Waals surface area (Å²) in [5.74, 6) is 1.25. The third-order valence-electron chi connectivity index (χ3n) is 5.28. The summed E-state index contributed by atoms with van der Waals surface area (Å²) in [6, 6.07) is 13.2. The molecule has 0 saturated heterocycles. The summed E-state index contributed by atoms with van der Waals surface area (Å²) in [6.45, 7) is 13.8. The van der Waals surface area contributed by atoms with Crippen LogP contribution in [0.15, 0.2) is 70.1 Å². The Labute approximate surface area is 206 Å². The summed E-state index contributed by atoms with van der Waals surface area (Å²) in [7, 11) is 0. The lowest BCUT2D eigenvalue weighted by Crippen LogP contribution is -2.24. The number of hydrogen-bond donors (Lipinski definition) is 1. The highest BCUT2D eigenvalue weighted by Crippen LogP contribution is 2.32. The SMILES string of the molecule is C=C1C=C(CN)c2ccc(C)cc2O1.Cc1ccc2c(CCC(=O)OC(C)(C)C)cc(=O)oc2c1. The van der Waals surface area contributed by atoms with Gasteiger partial charge in [-0.05, 0) is 81.5 Å². The molecular weight excluding hydrogens is 442 g/mol. The van der Waals surface area contributed by atoms with Crippen molar-refractivity contribution in [2.75, 3.05) is 6.54 Å². The zero-order valence-corrected chi connectivity index (χ0v) is 21.1. The van der Waals surface area contributed by atoms with Crippen LogP contribution in [0.2, 0.25) is 0 Å². The summed E-state index contributed by atoms with van der Waals surface area (Å²) in [6.07, 6.45) is 2.58. The van der Waals surface area contributed by atoms with Crippen molar-refractivity contribution < 1.29 is 18.7 Å². The number of fused-ring (bicyclic) bond motifs is 2. The zero-order valence-electron chi connectivity index (χ0n) is 21.1. The van der Waals surface area contributed by atoms with E-state index in [1.807, 2.05) is 71.0 Å². The summed E-state index contributed by atoms with van der Waals surface area (Å²) >= 11 is 0. The number of carbonyl (C=O) groups excluding carboxylic acids is 1. The van der Waals surface area contributed by atoms with Gasteiger partial charge in [0.1, 0.15) is 22.7 Å². The molecule has 0 radical (unpaired) electrons. The van der Waals surface area contributed by atoms with Crippen LogP contribution in [0.5, 0.6) is 5.75 Å². The first-order valence-corrected chi connectivity index (χ1v) is 11.6. The van der Waals surface area contributed by atoms with Crippen molar-refractivity contribution in [2.24, 2.45) is 5.73 Å². The van der Waals surface area contributed by atoms with Crippen LogP contribution in [-0.2, 0) is 16.0 Å². The number of benzene rings is 2. The molecule has 0 amide bonds. The Bertz CT molecular complexity index is 1340. The minimum atomic E-state index is -0.494. The van der Waals surface area contributed by atoms with Gasteiger partial charge >= 0.3 is 11.6 Å². The van der Waals surface area contributed by atoms with Gasteiger partial charge in [0.05, 0.1) is 0 Å². The van der Waals surface area contributed by atoms with E-state index in [2.05, 4.69) is 12.6 Å². The Kier molecular flexibility index (Phi) is 7.97. The third kappa shape index (κ3) is 7.17. The van der Waals surface area contributed by atoms with Crippen molar-refractivity contribution >= 4 is 22.5 Å². The van der Waals surface area contributed by atoms with E-state index in [1.54, 1.807) is 0 Å². The average molecular weight is 476 g/mol. The molecule has 0 spiro atoms. The number of rotatable bonds is 4. The summed E-state index contributed by atoms with van der Waals surface area (Å²) in [5, 5.41) is 0.865. The predicted octanol–water partition coefficient (Wildman–Crippen LogP) is 5.62. The summed E-state index contributed by atoms with van der Waals surface area (Å²) in [4.78, 5) is 23.4. The second-order valence-corrected chi connectivity index (χ2v) is 9.62. The fraction of sp³-hybridized carbons (Fsp3) is 0.310. The van der Waals surface area contributed by atoms with Crippen molar-refractivity contribution in [1.29, 1.82) is 0 Å². The van der Waals surface area contributed by atoms with Crippen LogP contribution in [0.3, 0.4) is 0 Å². The zero-order chi connectivity index (χ0) is 25.8. The Morgan fingerprint density at radius 1 is 1.06 bits per heavy atom. The normalized spacial score (nSPS) is 12.7. The molecule has 4 rings (SSSR count). The molecule has 0 atom stereocenters. The first kappa shape index (κ1) is 26.0. The van der Waals surface area contributed by atoms with Crippen molar-refractivity contribution in [3.63, 3.8) is 0 Å². The lowest BCUT2D eigenvalue weighted by molar-refractivity contribution is -0.154. The molecule has 0 aliphatic carbocycles. The molecule has 0 fully saturated rings. The maximum Gasteiger partial charge on any atom is 0.336 e. The smallest absolute Gasteiger partial charge is 0.336 e. The van der Waals surface area contributed by atoms with Crippen molar-refractivity contribution in [1.82, 2.24) is 0 Å². The standard InChI is InChI=1S/C17H20O4.C12H13NO/c1-11-5-7-13-12(10-16(19)20-14(13)9-11)6-8-15(18)21-17(2,3)4;1-8-3-4-11-10(7-13)6-9(2)14-12(11)5-8/h5,7,9-10H,6,8H2,1-4H3;3-6H,2,7,13H2,1H3. The predicted molar refractivity (Wildman–Crippen MR) is 139 cm³/mol. The van der Waals surface area contributed by atoms with Crippen LogP contribution in [0, 0.1) is 13.8 Å². The van der Waals surface area contributed by atoms with Crippen LogP contribution in [-0.4, -0.2) is 18.1 Å². The highest BCUT2D eigenvalue weighted by atomic mass is 16.6. The van der Waals surface area contributed by atoms with Gasteiger partial charge in [0, 0.05) is 30.0 Å². The number of hydrogen-bond acceptors (Lipinski definition) is 6. The number of allylic oxidation sites excluding steroid dienone is 1. The van der Waals surface area contributed by atoms with Crippen molar-refractivity contribution in [3.8, 4) is 5.75 Å². The van der Waals surface area contributed by atoms with E-state index in [0.29, 0.717) is 24.3 Å². The second-order valence-electron chi connectivity index (χ2n) is 9.62. The fourth-order valence-electron chi connectivity index (χ4n) is 3.76. The Balaban J connectivity index is 0.000000211. The van der Waals surface area contributed by atoms with Gasteiger partial charge in [-0.1, -0.05) is 30.8 Å². The molecule has 0 saturated carbocycles. The Morgan fingerprint density at radius 2 is 1.74 bits per heavy atom. The molecule has 1 aromatic heterocycles. The Morgan fingerprint density at radius 3 is 2.43 bits per heavy atom. The van der Waals surface area contributed by atoms with Crippen LogP contribution >= 0.6 is 0 Å². The van der Waals surface area contributed by atoms with Crippen molar-refractivity contribution in [3.05, 3.63) is 93.6 Å². The van der Waals surface area contributed by atoms with Gasteiger partial charge in [-0.25, -0.2) is 4.79 Å². The van der Waals surface area contributed by atoms with Gasteiger partial charge in [0.2, 0.25) is 0 Å². The van der Waals surface area contributed by atoms with E-state index in [9.17, 15) is 9.59 Å². The number of esters is 1. The van der Waals surface area contributed by atoms with E-state index < -0.39 is 11.2 Å². The van der Waals surface area contributed by atoms with E-state index >= 15 is 0 Å². The molecule has 0 bridgehead atoms. The molecule has 2 aromatic carbocycles. The van der Waals surface area contributed by atoms with Gasteiger partial charge in [0.25, 0.3) is 0 Å². The molecule has 1 aliphatic heterocycles. The number of carbonyl (C=O) groups is 1. The second kappa shape index (κ2) is 10.7. The Hall–Kier alpha value is -3.64. The molecule has 0 unspecified atom stereocenters. The quantitative estimate of drug-likeness (QED) is 0.389. The van der Waals surface area contributed by atoms with Crippen molar-refractivity contribution in [2.45, 2.75) is 53.1 Å². The van der Waals surface area contributed by atoms with Gasteiger partial charge in [-0.3, -0.25) is 4.79 Å². The molecule has 6 nitrogen and oxygen atoms in total. The monoisotopic (exact) mass is 475 g/mol. The van der Waals surface area contributed by atoms with Crippen LogP contribution in [0.1, 0.15) is 49.4 Å². The molecule has 6 heteroatoms. The highest BCUT2D eigenvalue weighted by Gasteiger charge is 2.17. The molecule has 2 N–H and O–H groups in total. The lowest BCUT2D eigenvalue weighted by Gasteiger charge is -2.19. The first-order valence-electron chi connectivity index (χ1n) is 11.6. The molecular formula is C29H33NO5. The van der Waals surface area contributed by atoms with E-state index in [1.165, 1.54) is 11.6 Å².